The second kappa shape index (κ2) is 8.16. The normalized spacial score (nSPS) is 18.7. The fraction of sp³-hybridized carbons (Fsp3) is 0.286. The third kappa shape index (κ3) is 3.93. The van der Waals surface area contributed by atoms with Gasteiger partial charge in [0.1, 0.15) is 23.4 Å². The zero-order valence-electron chi connectivity index (χ0n) is 16.0. The number of fused-ring (bicyclic) bond motifs is 1. The summed E-state index contributed by atoms with van der Waals surface area (Å²) >= 11 is 0. The predicted octanol–water partition coefficient (Wildman–Crippen LogP) is 1.74. The lowest BCUT2D eigenvalue weighted by atomic mass is 10.1. The molecule has 29 heavy (non-hydrogen) atoms. The Bertz CT molecular complexity index is 1120. The number of rotatable bonds is 6. The van der Waals surface area contributed by atoms with E-state index in [0.717, 1.165) is 5.56 Å². The van der Waals surface area contributed by atoms with Crippen LogP contribution in [0.15, 0.2) is 53.3 Å². The van der Waals surface area contributed by atoms with Crippen LogP contribution in [0.3, 0.4) is 0 Å². The summed E-state index contributed by atoms with van der Waals surface area (Å²) in [5, 5.41) is 2.71. The van der Waals surface area contributed by atoms with Crippen molar-refractivity contribution < 1.29 is 13.7 Å². The van der Waals surface area contributed by atoms with Gasteiger partial charge in [-0.1, -0.05) is 24.3 Å². The van der Waals surface area contributed by atoms with Crippen molar-refractivity contribution >= 4 is 27.6 Å². The molecule has 1 N–H and O–H groups in total. The topological polar surface area (TPSA) is 90.3 Å². The molecule has 1 aliphatic heterocycles. The van der Waals surface area contributed by atoms with E-state index in [0.29, 0.717) is 35.4 Å². The molecule has 150 valence electrons. The summed E-state index contributed by atoms with van der Waals surface area (Å²) in [5.41, 5.74) is 1.50. The molecule has 2 heterocycles. The number of benzene rings is 2. The molecule has 0 aliphatic carbocycles. The fourth-order valence-corrected chi connectivity index (χ4v) is 4.58. The summed E-state index contributed by atoms with van der Waals surface area (Å²) in [7, 11) is -1.18. The fourth-order valence-electron chi connectivity index (χ4n) is 3.40. The standard InChI is InChI=1S/C21H21N3O4S/c1-2-24-19(23-17-6-4-3-5-16(17)21(24)26)12-28-15-9-7-14(8-10-15)11-18-20(25)22-13-29(18)27/h3-10,18H,2,11-13H2,1H3,(H,22,25). The maximum absolute atomic E-state index is 12.7. The highest BCUT2D eigenvalue weighted by atomic mass is 32.2. The van der Waals surface area contributed by atoms with Crippen LogP contribution in [0.1, 0.15) is 18.3 Å². The Morgan fingerprint density at radius 3 is 2.62 bits per heavy atom. The molecule has 0 spiro atoms. The lowest BCUT2D eigenvalue weighted by Crippen LogP contribution is -2.26. The van der Waals surface area contributed by atoms with Gasteiger partial charge in [0.2, 0.25) is 5.91 Å². The van der Waals surface area contributed by atoms with Gasteiger partial charge < -0.3 is 10.1 Å². The van der Waals surface area contributed by atoms with E-state index in [4.69, 9.17) is 4.74 Å². The number of carbonyl (C=O) groups is 1. The van der Waals surface area contributed by atoms with E-state index in [1.807, 2.05) is 37.3 Å². The molecule has 4 rings (SSSR count). The Morgan fingerprint density at radius 1 is 1.17 bits per heavy atom. The number of nitrogens with one attached hydrogen (secondary N) is 1. The van der Waals surface area contributed by atoms with Crippen molar-refractivity contribution in [1.82, 2.24) is 14.9 Å². The van der Waals surface area contributed by atoms with E-state index in [2.05, 4.69) is 10.3 Å². The lowest BCUT2D eigenvalue weighted by molar-refractivity contribution is -0.119. The Balaban J connectivity index is 1.49. The van der Waals surface area contributed by atoms with Gasteiger partial charge in [-0.15, -0.1) is 0 Å². The zero-order chi connectivity index (χ0) is 20.4. The number of hydrogen-bond donors (Lipinski definition) is 1. The van der Waals surface area contributed by atoms with E-state index in [-0.39, 0.29) is 24.0 Å². The first-order chi connectivity index (χ1) is 14.1. The van der Waals surface area contributed by atoms with E-state index in [1.54, 1.807) is 22.8 Å². The molecule has 1 aromatic heterocycles. The number of aromatic nitrogens is 2. The monoisotopic (exact) mass is 411 g/mol. The SMILES string of the molecule is CCn1c(COc2ccc(CC3C(=O)NCS3=O)cc2)nc2ccccc2c1=O. The lowest BCUT2D eigenvalue weighted by Gasteiger charge is -2.13. The van der Waals surface area contributed by atoms with Crippen LogP contribution < -0.4 is 15.6 Å². The maximum atomic E-state index is 12.7. The third-order valence-electron chi connectivity index (χ3n) is 4.97. The summed E-state index contributed by atoms with van der Waals surface area (Å²) in [4.78, 5) is 29.0. The minimum absolute atomic E-state index is 0.0742. The van der Waals surface area contributed by atoms with Crippen molar-refractivity contribution in [2.75, 3.05) is 5.88 Å². The van der Waals surface area contributed by atoms with Gasteiger partial charge in [0.15, 0.2) is 0 Å². The minimum Gasteiger partial charge on any atom is -0.486 e. The van der Waals surface area contributed by atoms with Gasteiger partial charge in [-0.25, -0.2) is 4.98 Å². The number of carbonyl (C=O) groups excluding carboxylic acids is 1. The third-order valence-corrected chi connectivity index (χ3v) is 6.41. The molecule has 1 saturated heterocycles. The van der Waals surface area contributed by atoms with Gasteiger partial charge in [-0.05, 0) is 43.2 Å². The molecule has 2 unspecified atom stereocenters. The Labute approximate surface area is 170 Å². The molecule has 0 saturated carbocycles. The molecular formula is C21H21N3O4S. The highest BCUT2D eigenvalue weighted by Crippen LogP contribution is 2.18. The number of ether oxygens (including phenoxy) is 1. The van der Waals surface area contributed by atoms with Crippen LogP contribution >= 0.6 is 0 Å². The first kappa shape index (κ1) is 19.3. The highest BCUT2D eigenvalue weighted by molar-refractivity contribution is 7.86. The molecule has 1 amide bonds. The number of nitrogens with zero attached hydrogens (tertiary/aromatic N) is 2. The quantitative estimate of drug-likeness (QED) is 0.667. The van der Waals surface area contributed by atoms with Gasteiger partial charge in [0.05, 0.1) is 27.6 Å². The smallest absolute Gasteiger partial charge is 0.261 e. The number of amides is 1. The van der Waals surface area contributed by atoms with Crippen LogP contribution in [0.4, 0.5) is 0 Å². The van der Waals surface area contributed by atoms with Gasteiger partial charge in [-0.2, -0.15) is 0 Å². The van der Waals surface area contributed by atoms with Crippen LogP contribution in [0, 0.1) is 0 Å². The van der Waals surface area contributed by atoms with Gasteiger partial charge in [0.25, 0.3) is 5.56 Å². The van der Waals surface area contributed by atoms with Crippen molar-refractivity contribution in [2.45, 2.75) is 31.7 Å². The van der Waals surface area contributed by atoms with Crippen LogP contribution in [0.5, 0.6) is 5.75 Å². The molecule has 8 heteroatoms. The molecule has 3 aromatic rings. The molecule has 0 bridgehead atoms. The Morgan fingerprint density at radius 2 is 1.93 bits per heavy atom. The molecular weight excluding hydrogens is 390 g/mol. The van der Waals surface area contributed by atoms with Crippen LogP contribution in [-0.4, -0.2) is 30.8 Å². The van der Waals surface area contributed by atoms with E-state index in [9.17, 15) is 13.8 Å². The van der Waals surface area contributed by atoms with Crippen molar-refractivity contribution in [1.29, 1.82) is 0 Å². The molecule has 1 aliphatic rings. The average molecular weight is 411 g/mol. The minimum atomic E-state index is -1.18. The summed E-state index contributed by atoms with van der Waals surface area (Å²) in [6.45, 7) is 2.58. The largest absolute Gasteiger partial charge is 0.486 e. The van der Waals surface area contributed by atoms with E-state index in [1.165, 1.54) is 0 Å². The van der Waals surface area contributed by atoms with Crippen LogP contribution in [-0.2, 0) is 35.2 Å². The van der Waals surface area contributed by atoms with Gasteiger partial charge >= 0.3 is 0 Å². The molecule has 7 nitrogen and oxygen atoms in total. The average Bonchev–Trinajstić information content (AvgIpc) is 3.05. The summed E-state index contributed by atoms with van der Waals surface area (Å²) in [6.07, 6.45) is 0.431. The summed E-state index contributed by atoms with van der Waals surface area (Å²) in [5.74, 6) is 1.26. The van der Waals surface area contributed by atoms with Crippen molar-refractivity contribution in [3.8, 4) is 5.75 Å². The first-order valence-corrected chi connectivity index (χ1v) is 10.8. The molecule has 2 aromatic carbocycles. The second-order valence-corrected chi connectivity index (χ2v) is 8.41. The number of hydrogen-bond acceptors (Lipinski definition) is 5. The van der Waals surface area contributed by atoms with Crippen LogP contribution in [0.25, 0.3) is 10.9 Å². The van der Waals surface area contributed by atoms with E-state index >= 15 is 0 Å². The summed E-state index contributed by atoms with van der Waals surface area (Å²) in [6, 6.07) is 14.6. The van der Waals surface area contributed by atoms with Gasteiger partial charge in [0, 0.05) is 6.54 Å². The molecule has 1 fully saturated rings. The maximum Gasteiger partial charge on any atom is 0.261 e. The molecule has 0 radical (unpaired) electrons. The molecule has 2 atom stereocenters. The van der Waals surface area contributed by atoms with Gasteiger partial charge in [-0.3, -0.25) is 18.4 Å². The first-order valence-electron chi connectivity index (χ1n) is 9.42. The van der Waals surface area contributed by atoms with Crippen molar-refractivity contribution in [2.24, 2.45) is 0 Å². The van der Waals surface area contributed by atoms with Crippen molar-refractivity contribution in [3.05, 3.63) is 70.3 Å². The Kier molecular flexibility index (Phi) is 5.44. The number of para-hydroxylation sites is 1. The highest BCUT2D eigenvalue weighted by Gasteiger charge is 2.31. The zero-order valence-corrected chi connectivity index (χ0v) is 16.8. The van der Waals surface area contributed by atoms with Crippen LogP contribution in [0.2, 0.25) is 0 Å². The summed E-state index contributed by atoms with van der Waals surface area (Å²) < 4.78 is 19.3. The Hall–Kier alpha value is -3.00. The van der Waals surface area contributed by atoms with Crippen molar-refractivity contribution in [3.63, 3.8) is 0 Å². The predicted molar refractivity (Wildman–Crippen MR) is 111 cm³/mol. The second-order valence-electron chi connectivity index (χ2n) is 6.79. The van der Waals surface area contributed by atoms with E-state index < -0.39 is 16.0 Å².